The lowest BCUT2D eigenvalue weighted by Crippen LogP contribution is -2.34. The first-order valence-electron chi connectivity index (χ1n) is 5.64. The summed E-state index contributed by atoms with van der Waals surface area (Å²) < 4.78 is 59.1. The Morgan fingerprint density at radius 2 is 1.75 bits per heavy atom. The molecule has 0 aromatic carbocycles. The van der Waals surface area contributed by atoms with Crippen LogP contribution in [0.25, 0.3) is 0 Å². The topological polar surface area (TPSA) is 69.2 Å². The monoisotopic (exact) mass is 298 g/mol. The Balaban J connectivity index is 2.83. The maximum atomic E-state index is 12.7. The molecule has 0 amide bonds. The van der Waals surface area contributed by atoms with Crippen LogP contribution >= 0.6 is 0 Å². The molecule has 0 unspecified atom stereocenters. The van der Waals surface area contributed by atoms with Gasteiger partial charge in [0.05, 0.1) is 6.10 Å². The van der Waals surface area contributed by atoms with Crippen LogP contribution in [0, 0.1) is 0 Å². The highest BCUT2D eigenvalue weighted by Crippen LogP contribution is 2.24. The molecule has 20 heavy (non-hydrogen) atoms. The van der Waals surface area contributed by atoms with Crippen LogP contribution in [0.5, 0.6) is 12.0 Å². The van der Waals surface area contributed by atoms with Crippen LogP contribution in [0.15, 0.2) is 0 Å². The zero-order valence-electron chi connectivity index (χ0n) is 11.0. The van der Waals surface area contributed by atoms with Crippen LogP contribution in [-0.2, 0) is 0 Å². The average molecular weight is 298 g/mol. The number of alkyl halides is 4. The van der Waals surface area contributed by atoms with Gasteiger partial charge in [-0.25, -0.2) is 8.78 Å². The second-order valence-electron chi connectivity index (χ2n) is 3.99. The molecule has 0 fully saturated rings. The number of anilines is 1. The summed E-state index contributed by atoms with van der Waals surface area (Å²) in [7, 11) is 1.48. The van der Waals surface area contributed by atoms with Gasteiger partial charge in [0.25, 0.3) is 0 Å². The molecule has 0 atom stereocenters. The number of nitrogens with zero attached hydrogens (tertiary/aromatic N) is 3. The van der Waals surface area contributed by atoms with Gasteiger partial charge in [0.15, 0.2) is 6.61 Å². The van der Waals surface area contributed by atoms with Gasteiger partial charge in [-0.2, -0.15) is 18.7 Å². The third kappa shape index (κ3) is 4.67. The summed E-state index contributed by atoms with van der Waals surface area (Å²) in [5.41, 5.74) is 0. The molecule has 6 nitrogen and oxygen atoms in total. The molecule has 0 spiro atoms. The van der Waals surface area contributed by atoms with Crippen molar-refractivity contribution in [3.8, 4) is 12.0 Å². The Hall–Kier alpha value is -1.87. The second-order valence-corrected chi connectivity index (χ2v) is 3.99. The number of ether oxygens (including phenoxy) is 2. The van der Waals surface area contributed by atoms with E-state index in [2.05, 4.69) is 25.0 Å². The minimum Gasteiger partial charge on any atom is -0.461 e. The molecular weight excluding hydrogens is 284 g/mol. The number of nitrogens with one attached hydrogen (secondary N) is 1. The molecule has 10 heteroatoms. The van der Waals surface area contributed by atoms with Crippen molar-refractivity contribution in [2.45, 2.75) is 32.3 Å². The molecule has 0 bridgehead atoms. The van der Waals surface area contributed by atoms with Crippen LogP contribution in [0.4, 0.5) is 23.5 Å². The summed E-state index contributed by atoms with van der Waals surface area (Å²) in [6.45, 7) is 1.86. The molecule has 0 aliphatic rings. The molecule has 0 radical (unpaired) electrons. The van der Waals surface area contributed by atoms with Gasteiger partial charge in [0, 0.05) is 7.05 Å². The third-order valence-corrected chi connectivity index (χ3v) is 1.87. The van der Waals surface area contributed by atoms with E-state index >= 15 is 0 Å². The maximum absolute atomic E-state index is 12.7. The van der Waals surface area contributed by atoms with Gasteiger partial charge >= 0.3 is 24.4 Å². The van der Waals surface area contributed by atoms with Crippen LogP contribution in [0.2, 0.25) is 0 Å². The van der Waals surface area contributed by atoms with Crippen molar-refractivity contribution in [2.24, 2.45) is 0 Å². The van der Waals surface area contributed by atoms with E-state index in [1.165, 1.54) is 7.05 Å². The van der Waals surface area contributed by atoms with E-state index in [9.17, 15) is 17.6 Å². The fourth-order valence-corrected chi connectivity index (χ4v) is 1.00. The summed E-state index contributed by atoms with van der Waals surface area (Å²) in [6, 6.07) is -0.685. The Bertz CT molecular complexity index is 445. The average Bonchev–Trinajstić information content (AvgIpc) is 2.35. The van der Waals surface area contributed by atoms with E-state index < -0.39 is 25.0 Å². The minimum absolute atomic E-state index is 0.00557. The fraction of sp³-hybridized carbons (Fsp3) is 0.700. The maximum Gasteiger partial charge on any atom is 0.340 e. The molecule has 1 rings (SSSR count). The Labute approximate surface area is 112 Å². The standard InChI is InChI=1S/C10H14F4N4O2/c1-5(2)20-9-17-7(15-3)16-8(18-9)19-4-10(13,14)6(11)12/h5-6H,4H2,1-3H3,(H,15,16,17,18). The highest BCUT2D eigenvalue weighted by molar-refractivity contribution is 5.26. The zero-order chi connectivity index (χ0) is 15.3. The van der Waals surface area contributed by atoms with E-state index in [0.717, 1.165) is 0 Å². The molecule has 0 saturated heterocycles. The number of hydrogen-bond acceptors (Lipinski definition) is 6. The van der Waals surface area contributed by atoms with Crippen LogP contribution in [0.1, 0.15) is 13.8 Å². The Morgan fingerprint density at radius 3 is 2.25 bits per heavy atom. The van der Waals surface area contributed by atoms with Crippen molar-refractivity contribution >= 4 is 5.95 Å². The number of rotatable bonds is 7. The van der Waals surface area contributed by atoms with Crippen molar-refractivity contribution in [1.82, 2.24) is 15.0 Å². The number of aromatic nitrogens is 3. The van der Waals surface area contributed by atoms with Crippen molar-refractivity contribution in [1.29, 1.82) is 0 Å². The normalized spacial score (nSPS) is 11.8. The summed E-state index contributed by atoms with van der Waals surface area (Å²) in [4.78, 5) is 11.0. The molecule has 1 aromatic rings. The largest absolute Gasteiger partial charge is 0.461 e. The van der Waals surface area contributed by atoms with Crippen LogP contribution in [-0.4, -0.2) is 47.1 Å². The summed E-state index contributed by atoms with van der Waals surface area (Å²) >= 11 is 0. The van der Waals surface area contributed by atoms with Crippen LogP contribution < -0.4 is 14.8 Å². The van der Waals surface area contributed by atoms with E-state index in [4.69, 9.17) is 4.74 Å². The van der Waals surface area contributed by atoms with Crippen molar-refractivity contribution in [3.05, 3.63) is 0 Å². The molecule has 0 saturated carbocycles. The molecule has 1 aromatic heterocycles. The lowest BCUT2D eigenvalue weighted by molar-refractivity contribution is -0.149. The summed E-state index contributed by atoms with van der Waals surface area (Å²) in [6.07, 6.45) is -4.10. The van der Waals surface area contributed by atoms with Crippen molar-refractivity contribution in [2.75, 3.05) is 19.0 Å². The molecule has 1 N–H and O–H groups in total. The van der Waals surface area contributed by atoms with Gasteiger partial charge in [-0.3, -0.25) is 0 Å². The van der Waals surface area contributed by atoms with Gasteiger partial charge in [0.1, 0.15) is 0 Å². The SMILES string of the molecule is CNc1nc(OCC(F)(F)C(F)F)nc(OC(C)C)n1. The Morgan fingerprint density at radius 1 is 1.15 bits per heavy atom. The number of hydrogen-bond donors (Lipinski definition) is 1. The minimum atomic E-state index is -4.29. The second kappa shape index (κ2) is 6.53. The summed E-state index contributed by atoms with van der Waals surface area (Å²) in [5.74, 6) is -4.28. The first-order chi connectivity index (χ1) is 9.24. The first kappa shape index (κ1) is 16.2. The van der Waals surface area contributed by atoms with Gasteiger partial charge < -0.3 is 14.8 Å². The fourth-order valence-electron chi connectivity index (χ4n) is 1.00. The predicted octanol–water partition coefficient (Wildman–Crippen LogP) is 1.98. The lowest BCUT2D eigenvalue weighted by Gasteiger charge is -2.15. The molecule has 0 aliphatic heterocycles. The zero-order valence-corrected chi connectivity index (χ0v) is 11.0. The smallest absolute Gasteiger partial charge is 0.340 e. The van der Waals surface area contributed by atoms with E-state index in [-0.39, 0.29) is 18.1 Å². The highest BCUT2D eigenvalue weighted by Gasteiger charge is 2.42. The van der Waals surface area contributed by atoms with Gasteiger partial charge in [-0.15, -0.1) is 4.98 Å². The Kier molecular flexibility index (Phi) is 5.28. The van der Waals surface area contributed by atoms with Crippen molar-refractivity contribution in [3.63, 3.8) is 0 Å². The van der Waals surface area contributed by atoms with E-state index in [0.29, 0.717) is 0 Å². The third-order valence-electron chi connectivity index (χ3n) is 1.87. The quantitative estimate of drug-likeness (QED) is 0.776. The van der Waals surface area contributed by atoms with Gasteiger partial charge in [-0.1, -0.05) is 0 Å². The summed E-state index contributed by atoms with van der Waals surface area (Å²) in [5, 5.41) is 2.54. The van der Waals surface area contributed by atoms with E-state index in [1.807, 2.05) is 0 Å². The molecular formula is C10H14F4N4O2. The number of halogens is 4. The van der Waals surface area contributed by atoms with Gasteiger partial charge in [0.2, 0.25) is 5.95 Å². The van der Waals surface area contributed by atoms with E-state index in [1.54, 1.807) is 13.8 Å². The first-order valence-corrected chi connectivity index (χ1v) is 5.64. The molecule has 0 aliphatic carbocycles. The lowest BCUT2D eigenvalue weighted by atomic mass is 10.4. The van der Waals surface area contributed by atoms with Gasteiger partial charge in [-0.05, 0) is 13.8 Å². The predicted molar refractivity (Wildman–Crippen MR) is 61.6 cm³/mol. The van der Waals surface area contributed by atoms with Crippen molar-refractivity contribution < 1.29 is 27.0 Å². The molecule has 1 heterocycles. The highest BCUT2D eigenvalue weighted by atomic mass is 19.3. The molecule has 114 valence electrons. The van der Waals surface area contributed by atoms with Crippen LogP contribution in [0.3, 0.4) is 0 Å².